The molecule has 1 heterocycles. The minimum Gasteiger partial charge on any atom is -0.326 e. The third-order valence-electron chi connectivity index (χ3n) is 3.16. The van der Waals surface area contributed by atoms with Gasteiger partial charge in [-0.15, -0.1) is 0 Å². The van der Waals surface area contributed by atoms with Gasteiger partial charge in [0.2, 0.25) is 5.91 Å². The SMILES string of the molecule is Cc1cc(C)cc(NC(=O)[C@@H]2CCCNC2)c1. The molecule has 0 bridgehead atoms. The minimum atomic E-state index is 0.115. The fourth-order valence-corrected chi connectivity index (χ4v) is 2.37. The third kappa shape index (κ3) is 3.30. The summed E-state index contributed by atoms with van der Waals surface area (Å²) in [7, 11) is 0. The van der Waals surface area contributed by atoms with E-state index >= 15 is 0 Å². The van der Waals surface area contributed by atoms with Gasteiger partial charge in [-0.3, -0.25) is 4.79 Å². The van der Waals surface area contributed by atoms with Crippen LogP contribution in [0.15, 0.2) is 18.2 Å². The Morgan fingerprint density at radius 3 is 2.59 bits per heavy atom. The summed E-state index contributed by atoms with van der Waals surface area (Å²) in [5.74, 6) is 0.256. The van der Waals surface area contributed by atoms with E-state index in [-0.39, 0.29) is 11.8 Å². The van der Waals surface area contributed by atoms with E-state index in [1.54, 1.807) is 0 Å². The number of aryl methyl sites for hydroxylation is 2. The molecule has 0 spiro atoms. The zero-order valence-electron chi connectivity index (χ0n) is 10.5. The molecule has 3 heteroatoms. The number of amides is 1. The number of piperidine rings is 1. The van der Waals surface area contributed by atoms with Gasteiger partial charge in [-0.1, -0.05) is 6.07 Å². The molecule has 2 N–H and O–H groups in total. The second-order valence-corrected chi connectivity index (χ2v) is 4.91. The van der Waals surface area contributed by atoms with Crippen LogP contribution in [0.2, 0.25) is 0 Å². The van der Waals surface area contributed by atoms with Gasteiger partial charge in [-0.2, -0.15) is 0 Å². The molecule has 1 amide bonds. The zero-order valence-corrected chi connectivity index (χ0v) is 10.5. The molecule has 0 radical (unpaired) electrons. The third-order valence-corrected chi connectivity index (χ3v) is 3.16. The van der Waals surface area contributed by atoms with Crippen molar-refractivity contribution in [3.8, 4) is 0 Å². The highest BCUT2D eigenvalue weighted by Crippen LogP contribution is 2.17. The lowest BCUT2D eigenvalue weighted by Crippen LogP contribution is -2.37. The number of carbonyl (C=O) groups excluding carboxylic acids is 1. The van der Waals surface area contributed by atoms with Crippen LogP contribution in [-0.4, -0.2) is 19.0 Å². The number of anilines is 1. The Balaban J connectivity index is 2.01. The summed E-state index contributed by atoms with van der Waals surface area (Å²) in [5, 5.41) is 6.28. The summed E-state index contributed by atoms with van der Waals surface area (Å²) in [6.45, 7) is 5.93. The van der Waals surface area contributed by atoms with Crippen LogP contribution in [0.4, 0.5) is 5.69 Å². The lowest BCUT2D eigenvalue weighted by Gasteiger charge is -2.22. The smallest absolute Gasteiger partial charge is 0.228 e. The first kappa shape index (κ1) is 12.1. The van der Waals surface area contributed by atoms with Gasteiger partial charge in [0.25, 0.3) is 0 Å². The fourth-order valence-electron chi connectivity index (χ4n) is 2.37. The molecule has 0 aliphatic carbocycles. The van der Waals surface area contributed by atoms with Gasteiger partial charge in [0.15, 0.2) is 0 Å². The van der Waals surface area contributed by atoms with Gasteiger partial charge < -0.3 is 10.6 Å². The van der Waals surface area contributed by atoms with Crippen molar-refractivity contribution in [2.75, 3.05) is 18.4 Å². The molecule has 1 aromatic carbocycles. The zero-order chi connectivity index (χ0) is 12.3. The van der Waals surface area contributed by atoms with Crippen LogP contribution in [-0.2, 0) is 4.79 Å². The molecular weight excluding hydrogens is 212 g/mol. The average Bonchev–Trinajstić information content (AvgIpc) is 2.28. The van der Waals surface area contributed by atoms with E-state index < -0.39 is 0 Å². The maximum absolute atomic E-state index is 12.0. The first-order valence-electron chi connectivity index (χ1n) is 6.25. The summed E-state index contributed by atoms with van der Waals surface area (Å²) in [6, 6.07) is 6.14. The van der Waals surface area contributed by atoms with E-state index in [2.05, 4.69) is 16.7 Å². The first-order valence-corrected chi connectivity index (χ1v) is 6.25. The number of carbonyl (C=O) groups is 1. The van der Waals surface area contributed by atoms with Crippen LogP contribution >= 0.6 is 0 Å². The molecule has 1 aliphatic heterocycles. The minimum absolute atomic E-state index is 0.115. The predicted molar refractivity (Wildman–Crippen MR) is 70.1 cm³/mol. The van der Waals surface area contributed by atoms with E-state index in [9.17, 15) is 4.79 Å². The van der Waals surface area contributed by atoms with Crippen LogP contribution in [0.5, 0.6) is 0 Å². The maximum Gasteiger partial charge on any atom is 0.228 e. The second-order valence-electron chi connectivity index (χ2n) is 4.91. The number of hydrogen-bond acceptors (Lipinski definition) is 2. The van der Waals surface area contributed by atoms with Gasteiger partial charge >= 0.3 is 0 Å². The van der Waals surface area contributed by atoms with E-state index in [0.29, 0.717) is 0 Å². The largest absolute Gasteiger partial charge is 0.326 e. The highest BCUT2D eigenvalue weighted by molar-refractivity contribution is 5.92. The summed E-state index contributed by atoms with van der Waals surface area (Å²) in [6.07, 6.45) is 2.08. The molecule has 0 unspecified atom stereocenters. The van der Waals surface area contributed by atoms with Crippen molar-refractivity contribution in [1.82, 2.24) is 5.32 Å². The quantitative estimate of drug-likeness (QED) is 0.821. The molecule has 92 valence electrons. The Morgan fingerprint density at radius 1 is 1.29 bits per heavy atom. The van der Waals surface area contributed by atoms with E-state index in [1.807, 2.05) is 26.0 Å². The van der Waals surface area contributed by atoms with Crippen molar-refractivity contribution in [3.63, 3.8) is 0 Å². The van der Waals surface area contributed by atoms with Crippen molar-refractivity contribution in [1.29, 1.82) is 0 Å². The molecule has 1 fully saturated rings. The highest BCUT2D eigenvalue weighted by Gasteiger charge is 2.20. The Morgan fingerprint density at radius 2 is 2.00 bits per heavy atom. The molecule has 1 aromatic rings. The summed E-state index contributed by atoms with van der Waals surface area (Å²) in [5.41, 5.74) is 3.28. The number of benzene rings is 1. The lowest BCUT2D eigenvalue weighted by molar-refractivity contribution is -0.120. The van der Waals surface area contributed by atoms with Gasteiger partial charge in [-0.05, 0) is 56.5 Å². The number of hydrogen-bond donors (Lipinski definition) is 2. The molecule has 0 aromatic heterocycles. The van der Waals surface area contributed by atoms with E-state index in [0.717, 1.165) is 31.6 Å². The van der Waals surface area contributed by atoms with E-state index in [1.165, 1.54) is 11.1 Å². The summed E-state index contributed by atoms with van der Waals surface area (Å²) >= 11 is 0. The summed E-state index contributed by atoms with van der Waals surface area (Å²) in [4.78, 5) is 12.0. The Labute approximate surface area is 103 Å². The standard InChI is InChI=1S/C14H20N2O/c1-10-6-11(2)8-13(7-10)16-14(17)12-4-3-5-15-9-12/h6-8,12,15H,3-5,9H2,1-2H3,(H,16,17)/t12-/m1/s1. The second kappa shape index (κ2) is 5.32. The van der Waals surface area contributed by atoms with Crippen molar-refractivity contribution in [3.05, 3.63) is 29.3 Å². The van der Waals surface area contributed by atoms with Crippen LogP contribution in [0, 0.1) is 19.8 Å². The van der Waals surface area contributed by atoms with Crippen molar-refractivity contribution >= 4 is 11.6 Å². The van der Waals surface area contributed by atoms with Crippen LogP contribution in [0.25, 0.3) is 0 Å². The predicted octanol–water partition coefficient (Wildman–Crippen LogP) is 2.24. The van der Waals surface area contributed by atoms with Crippen LogP contribution in [0.3, 0.4) is 0 Å². The van der Waals surface area contributed by atoms with E-state index in [4.69, 9.17) is 0 Å². The Hall–Kier alpha value is -1.35. The van der Waals surface area contributed by atoms with Gasteiger partial charge in [0.05, 0.1) is 5.92 Å². The molecular formula is C14H20N2O. The lowest BCUT2D eigenvalue weighted by atomic mass is 9.98. The molecule has 2 rings (SSSR count). The number of nitrogens with one attached hydrogen (secondary N) is 2. The molecule has 0 saturated carbocycles. The monoisotopic (exact) mass is 232 g/mol. The van der Waals surface area contributed by atoms with Crippen LogP contribution in [0.1, 0.15) is 24.0 Å². The normalized spacial score (nSPS) is 20.0. The molecule has 1 aliphatic rings. The Bertz CT molecular complexity index is 388. The Kier molecular flexibility index (Phi) is 3.79. The maximum atomic E-state index is 12.0. The molecule has 1 saturated heterocycles. The van der Waals surface area contributed by atoms with Crippen molar-refractivity contribution in [2.45, 2.75) is 26.7 Å². The van der Waals surface area contributed by atoms with Gasteiger partial charge in [0.1, 0.15) is 0 Å². The fraction of sp³-hybridized carbons (Fsp3) is 0.500. The van der Waals surface area contributed by atoms with Gasteiger partial charge in [0, 0.05) is 12.2 Å². The molecule has 1 atom stereocenters. The van der Waals surface area contributed by atoms with Crippen molar-refractivity contribution < 1.29 is 4.79 Å². The van der Waals surface area contributed by atoms with Crippen molar-refractivity contribution in [2.24, 2.45) is 5.92 Å². The highest BCUT2D eigenvalue weighted by atomic mass is 16.1. The molecule has 3 nitrogen and oxygen atoms in total. The average molecular weight is 232 g/mol. The topological polar surface area (TPSA) is 41.1 Å². The number of rotatable bonds is 2. The van der Waals surface area contributed by atoms with Crippen LogP contribution < -0.4 is 10.6 Å². The van der Waals surface area contributed by atoms with Gasteiger partial charge in [-0.25, -0.2) is 0 Å². The summed E-state index contributed by atoms with van der Waals surface area (Å²) < 4.78 is 0. The molecule has 17 heavy (non-hydrogen) atoms. The first-order chi connectivity index (χ1) is 8.15.